The van der Waals surface area contributed by atoms with E-state index in [0.29, 0.717) is 25.4 Å². The fraction of sp³-hybridized carbons (Fsp3) is 0.944. The normalized spacial score (nSPS) is 27.9. The van der Waals surface area contributed by atoms with Crippen LogP contribution in [0.4, 0.5) is 13.2 Å². The monoisotopic (exact) mass is 361 g/mol. The first-order chi connectivity index (χ1) is 11.9. The van der Waals surface area contributed by atoms with Crippen molar-refractivity contribution in [2.24, 2.45) is 5.92 Å². The molecule has 1 aliphatic carbocycles. The van der Waals surface area contributed by atoms with Gasteiger partial charge >= 0.3 is 6.18 Å². The number of nitrogens with one attached hydrogen (secondary N) is 1. The standard InChI is InChI=1S/C18H30F3N3O/c19-18(20,21)13-23-8-7-16(12-23)24-9-5-15(6-10-24)22-17(25)11-14-3-1-2-4-14/h14-16H,1-13H2,(H,22,25). The predicted molar refractivity (Wildman–Crippen MR) is 90.2 cm³/mol. The number of hydrogen-bond acceptors (Lipinski definition) is 3. The summed E-state index contributed by atoms with van der Waals surface area (Å²) in [6, 6.07) is 0.468. The van der Waals surface area contributed by atoms with Crippen LogP contribution < -0.4 is 5.32 Å². The number of alkyl halides is 3. The van der Waals surface area contributed by atoms with Gasteiger partial charge < -0.3 is 5.32 Å². The number of halogens is 3. The molecule has 0 aromatic rings. The molecule has 3 aliphatic rings. The number of carbonyl (C=O) groups excluding carboxylic acids is 1. The molecule has 2 heterocycles. The first kappa shape index (κ1) is 19.0. The molecule has 0 aromatic carbocycles. The maximum atomic E-state index is 12.5. The van der Waals surface area contributed by atoms with Crippen LogP contribution >= 0.6 is 0 Å². The molecule has 0 radical (unpaired) electrons. The molecule has 1 amide bonds. The summed E-state index contributed by atoms with van der Waals surface area (Å²) in [6.07, 6.45) is 4.06. The van der Waals surface area contributed by atoms with Crippen molar-refractivity contribution in [1.82, 2.24) is 15.1 Å². The lowest BCUT2D eigenvalue weighted by Gasteiger charge is -2.36. The minimum Gasteiger partial charge on any atom is -0.353 e. The smallest absolute Gasteiger partial charge is 0.353 e. The summed E-state index contributed by atoms with van der Waals surface area (Å²) >= 11 is 0. The zero-order valence-electron chi connectivity index (χ0n) is 14.9. The summed E-state index contributed by atoms with van der Waals surface area (Å²) in [5, 5.41) is 3.17. The summed E-state index contributed by atoms with van der Waals surface area (Å²) in [5.41, 5.74) is 0. The van der Waals surface area contributed by atoms with Crippen molar-refractivity contribution in [3.8, 4) is 0 Å². The van der Waals surface area contributed by atoms with Gasteiger partial charge in [0.05, 0.1) is 6.54 Å². The van der Waals surface area contributed by atoms with Gasteiger partial charge in [-0.25, -0.2) is 0 Å². The second kappa shape index (κ2) is 8.25. The molecule has 1 saturated carbocycles. The second-order valence-corrected chi connectivity index (χ2v) is 8.03. The maximum absolute atomic E-state index is 12.5. The summed E-state index contributed by atoms with van der Waals surface area (Å²) in [7, 11) is 0. The first-order valence-corrected chi connectivity index (χ1v) is 9.71. The Bertz CT molecular complexity index is 443. The largest absolute Gasteiger partial charge is 0.401 e. The molecule has 1 atom stereocenters. The molecule has 0 aromatic heterocycles. The number of amides is 1. The molecule has 2 aliphatic heterocycles. The lowest BCUT2D eigenvalue weighted by molar-refractivity contribution is -0.143. The highest BCUT2D eigenvalue weighted by Crippen LogP contribution is 2.28. The van der Waals surface area contributed by atoms with Gasteiger partial charge in [0, 0.05) is 44.7 Å². The molecule has 0 bridgehead atoms. The average Bonchev–Trinajstić information content (AvgIpc) is 3.18. The van der Waals surface area contributed by atoms with Crippen LogP contribution in [0.2, 0.25) is 0 Å². The third-order valence-electron chi connectivity index (χ3n) is 6.01. The van der Waals surface area contributed by atoms with E-state index in [4.69, 9.17) is 0 Å². The number of likely N-dealkylation sites (tertiary alicyclic amines) is 2. The van der Waals surface area contributed by atoms with Gasteiger partial charge in [0.25, 0.3) is 0 Å². The number of hydrogen-bond donors (Lipinski definition) is 1. The van der Waals surface area contributed by atoms with Crippen LogP contribution in [0.5, 0.6) is 0 Å². The van der Waals surface area contributed by atoms with E-state index in [-0.39, 0.29) is 18.0 Å². The van der Waals surface area contributed by atoms with E-state index < -0.39 is 12.7 Å². The van der Waals surface area contributed by atoms with Gasteiger partial charge in [0.15, 0.2) is 0 Å². The van der Waals surface area contributed by atoms with Gasteiger partial charge in [0.1, 0.15) is 0 Å². The van der Waals surface area contributed by atoms with Crippen LogP contribution in [0.1, 0.15) is 51.4 Å². The van der Waals surface area contributed by atoms with Crippen molar-refractivity contribution in [3.63, 3.8) is 0 Å². The third-order valence-corrected chi connectivity index (χ3v) is 6.01. The van der Waals surface area contributed by atoms with Crippen LogP contribution in [0.25, 0.3) is 0 Å². The lowest BCUT2D eigenvalue weighted by Crippen LogP contribution is -2.49. The number of nitrogens with zero attached hydrogens (tertiary/aromatic N) is 2. The molecule has 2 saturated heterocycles. The van der Waals surface area contributed by atoms with Gasteiger partial charge in [0.2, 0.25) is 5.91 Å². The van der Waals surface area contributed by atoms with E-state index in [1.807, 2.05) is 0 Å². The zero-order chi connectivity index (χ0) is 17.9. The van der Waals surface area contributed by atoms with E-state index in [2.05, 4.69) is 10.2 Å². The van der Waals surface area contributed by atoms with Gasteiger partial charge in [-0.15, -0.1) is 0 Å². The van der Waals surface area contributed by atoms with Gasteiger partial charge in [-0.2, -0.15) is 13.2 Å². The Hall–Kier alpha value is -0.820. The highest BCUT2D eigenvalue weighted by Gasteiger charge is 2.36. The van der Waals surface area contributed by atoms with E-state index >= 15 is 0 Å². The van der Waals surface area contributed by atoms with Crippen molar-refractivity contribution in [3.05, 3.63) is 0 Å². The lowest BCUT2D eigenvalue weighted by atomic mass is 10.0. The Kier molecular flexibility index (Phi) is 6.25. The van der Waals surface area contributed by atoms with Crippen LogP contribution in [0.15, 0.2) is 0 Å². The number of piperidine rings is 1. The SMILES string of the molecule is O=C(CC1CCCC1)NC1CCN(C2CCN(CC(F)(F)F)C2)CC1. The summed E-state index contributed by atoms with van der Waals surface area (Å²) in [5.74, 6) is 0.751. The van der Waals surface area contributed by atoms with Gasteiger partial charge in [-0.3, -0.25) is 14.6 Å². The minimum atomic E-state index is -4.11. The van der Waals surface area contributed by atoms with E-state index in [0.717, 1.165) is 32.4 Å². The number of rotatable bonds is 5. The molecule has 1 N–H and O–H groups in total. The highest BCUT2D eigenvalue weighted by atomic mass is 19.4. The molecule has 0 spiro atoms. The summed E-state index contributed by atoms with van der Waals surface area (Å²) in [4.78, 5) is 16.0. The fourth-order valence-electron chi connectivity index (χ4n) is 4.68. The second-order valence-electron chi connectivity index (χ2n) is 8.03. The van der Waals surface area contributed by atoms with Crippen LogP contribution in [-0.4, -0.2) is 66.7 Å². The van der Waals surface area contributed by atoms with Crippen molar-refractivity contribution in [2.75, 3.05) is 32.7 Å². The fourth-order valence-corrected chi connectivity index (χ4v) is 4.68. The van der Waals surface area contributed by atoms with Crippen LogP contribution in [0.3, 0.4) is 0 Å². The average molecular weight is 361 g/mol. The van der Waals surface area contributed by atoms with Gasteiger partial charge in [-0.1, -0.05) is 12.8 Å². The zero-order valence-corrected chi connectivity index (χ0v) is 14.9. The number of carbonyl (C=O) groups is 1. The molecule has 3 fully saturated rings. The predicted octanol–water partition coefficient (Wildman–Crippen LogP) is 2.78. The van der Waals surface area contributed by atoms with E-state index in [9.17, 15) is 18.0 Å². The Morgan fingerprint density at radius 3 is 2.32 bits per heavy atom. The molecule has 25 heavy (non-hydrogen) atoms. The van der Waals surface area contributed by atoms with Crippen molar-refractivity contribution in [1.29, 1.82) is 0 Å². The maximum Gasteiger partial charge on any atom is 0.401 e. The van der Waals surface area contributed by atoms with Gasteiger partial charge in [-0.05, 0) is 38.0 Å². The summed E-state index contributed by atoms with van der Waals surface area (Å²) < 4.78 is 37.5. The third kappa shape index (κ3) is 5.84. The van der Waals surface area contributed by atoms with Crippen LogP contribution in [-0.2, 0) is 4.79 Å². The highest BCUT2D eigenvalue weighted by molar-refractivity contribution is 5.76. The Morgan fingerprint density at radius 2 is 1.68 bits per heavy atom. The molecule has 3 rings (SSSR count). The minimum absolute atomic E-state index is 0.183. The Morgan fingerprint density at radius 1 is 1.00 bits per heavy atom. The van der Waals surface area contributed by atoms with E-state index in [1.165, 1.54) is 30.6 Å². The molecular weight excluding hydrogens is 331 g/mol. The molecular formula is C18H30F3N3O. The molecule has 7 heteroatoms. The van der Waals surface area contributed by atoms with Crippen molar-refractivity contribution in [2.45, 2.75) is 69.6 Å². The Labute approximate surface area is 148 Å². The van der Waals surface area contributed by atoms with Crippen LogP contribution in [0, 0.1) is 5.92 Å². The summed E-state index contributed by atoms with van der Waals surface area (Å²) in [6.45, 7) is 2.00. The topological polar surface area (TPSA) is 35.6 Å². The first-order valence-electron chi connectivity index (χ1n) is 9.71. The van der Waals surface area contributed by atoms with Crippen molar-refractivity contribution < 1.29 is 18.0 Å². The van der Waals surface area contributed by atoms with E-state index in [1.54, 1.807) is 0 Å². The van der Waals surface area contributed by atoms with Crippen molar-refractivity contribution >= 4 is 5.91 Å². The Balaban J connectivity index is 1.35. The molecule has 1 unspecified atom stereocenters. The quantitative estimate of drug-likeness (QED) is 0.818. The molecule has 144 valence electrons. The molecule has 4 nitrogen and oxygen atoms in total.